The Morgan fingerprint density at radius 1 is 0.439 bits per heavy atom. The fourth-order valence-corrected chi connectivity index (χ4v) is 7.93. The van der Waals surface area contributed by atoms with Crippen LogP contribution in [-0.2, 0) is 9.59 Å². The lowest BCUT2D eigenvalue weighted by Crippen LogP contribution is -2.33. The molecule has 0 aromatic heterocycles. The summed E-state index contributed by atoms with van der Waals surface area (Å²) < 4.78 is 90.1. The maximum atomic E-state index is 11.9. The Morgan fingerprint density at radius 2 is 0.719 bits per heavy atom. The monoisotopic (exact) mass is 788 g/mol. The van der Waals surface area contributed by atoms with Gasteiger partial charge < -0.3 is 66.3 Å². The van der Waals surface area contributed by atoms with Crippen LogP contribution in [0.1, 0.15) is 91.8 Å². The van der Waals surface area contributed by atoms with Crippen LogP contribution < -0.4 is 66.3 Å². The minimum absolute atomic E-state index is 0.0796. The van der Waals surface area contributed by atoms with E-state index in [0.29, 0.717) is 17.1 Å². The van der Waals surface area contributed by atoms with E-state index in [4.69, 9.17) is 66.3 Å². The topological polar surface area (TPSA) is 163 Å². The van der Waals surface area contributed by atoms with Crippen molar-refractivity contribution in [2.45, 2.75) is 110 Å². The largest absolute Gasteiger partial charge is 0.490 e. The van der Waals surface area contributed by atoms with Gasteiger partial charge in [0.1, 0.15) is 11.9 Å². The van der Waals surface area contributed by atoms with Crippen LogP contribution in [0.25, 0.3) is 0 Å². The van der Waals surface area contributed by atoms with Crippen molar-refractivity contribution >= 4 is 11.9 Å². The first kappa shape index (κ1) is 36.4. The molecule has 2 unspecified atom stereocenters. The maximum Gasteiger partial charge on any atom is 0.279 e. The van der Waals surface area contributed by atoms with Crippen molar-refractivity contribution in [3.05, 3.63) is 34.9 Å². The van der Waals surface area contributed by atoms with Crippen LogP contribution in [0.15, 0.2) is 18.2 Å². The second-order valence-electron chi connectivity index (χ2n) is 16.3. The minimum Gasteiger partial charge on any atom is -0.490 e. The van der Waals surface area contributed by atoms with Crippen LogP contribution >= 0.6 is 0 Å². The average molecular weight is 789 g/mol. The average Bonchev–Trinajstić information content (AvgIpc) is 3.90. The van der Waals surface area contributed by atoms with Crippen LogP contribution in [0.5, 0.6) is 80.5 Å². The number of rotatable bonds is 7. The molecule has 0 aliphatic carbocycles. The van der Waals surface area contributed by atoms with Gasteiger partial charge in [0.25, 0.3) is 11.6 Å². The molecule has 6 aliphatic rings. The molecule has 57 heavy (non-hydrogen) atoms. The van der Waals surface area contributed by atoms with Crippen molar-refractivity contribution in [1.82, 2.24) is 0 Å². The first-order chi connectivity index (χ1) is 26.6. The first-order valence-corrected chi connectivity index (χ1v) is 18.1. The predicted octanol–water partition coefficient (Wildman–Crippen LogP) is 6.66. The summed E-state index contributed by atoms with van der Waals surface area (Å²) in [5, 5.41) is 0. The van der Waals surface area contributed by atoms with Crippen molar-refractivity contribution in [1.29, 1.82) is 0 Å². The molecule has 16 nitrogen and oxygen atoms in total. The van der Waals surface area contributed by atoms with E-state index in [1.807, 2.05) is 0 Å². The molecule has 3 aromatic carbocycles. The molecular weight excluding hydrogens is 748 g/mol. The van der Waals surface area contributed by atoms with Gasteiger partial charge in [-0.15, -0.1) is 0 Å². The minimum atomic E-state index is -1.68. The van der Waals surface area contributed by atoms with Gasteiger partial charge in [-0.2, -0.15) is 0 Å². The number of ether oxygens (including phenoxy) is 14. The van der Waals surface area contributed by atoms with E-state index in [9.17, 15) is 9.59 Å². The molecule has 300 valence electrons. The Labute approximate surface area is 326 Å². The Balaban J connectivity index is 1.49. The number of carbonyl (C=O) groups excluding carboxylic acids is 2. The lowest BCUT2D eigenvalue weighted by atomic mass is 9.80. The zero-order valence-electron chi connectivity index (χ0n) is 33.3. The van der Waals surface area contributed by atoms with Crippen LogP contribution in [0.3, 0.4) is 0 Å². The normalized spacial score (nSPS) is 24.7. The number of hydrogen-bond donors (Lipinski definition) is 0. The molecule has 3 aromatic rings. The molecule has 9 rings (SSSR count). The highest BCUT2D eigenvalue weighted by molar-refractivity contribution is 5.83. The third-order valence-corrected chi connectivity index (χ3v) is 9.76. The number of fused-ring (bicyclic) bond motifs is 6. The quantitative estimate of drug-likeness (QED) is 0.184. The van der Waals surface area contributed by atoms with Crippen LogP contribution in [0.2, 0.25) is 0 Å². The summed E-state index contributed by atoms with van der Waals surface area (Å²) in [5.74, 6) is -3.42. The van der Waals surface area contributed by atoms with Crippen molar-refractivity contribution < 1.29 is 75.9 Å². The lowest BCUT2D eigenvalue weighted by Gasteiger charge is -2.28. The molecule has 6 aliphatic heterocycles. The molecule has 16 heteroatoms. The second-order valence-corrected chi connectivity index (χ2v) is 16.3. The Bertz CT molecular complexity index is 2250. The summed E-state index contributed by atoms with van der Waals surface area (Å²) in [6.07, 6.45) is 2.19. The highest BCUT2D eigenvalue weighted by Crippen LogP contribution is 2.71. The van der Waals surface area contributed by atoms with E-state index in [0.717, 1.165) is 12.2 Å². The Morgan fingerprint density at radius 3 is 1.09 bits per heavy atom. The number of methoxy groups -OCH3 is 2. The fourth-order valence-electron chi connectivity index (χ4n) is 7.93. The molecule has 6 heterocycles. The summed E-state index contributed by atoms with van der Waals surface area (Å²) in [6, 6.07) is 1.70. The molecule has 0 radical (unpaired) electrons. The third-order valence-electron chi connectivity index (χ3n) is 9.76. The third kappa shape index (κ3) is 5.34. The van der Waals surface area contributed by atoms with E-state index in [1.54, 1.807) is 87.2 Å². The Hall–Kier alpha value is -6.24. The van der Waals surface area contributed by atoms with Gasteiger partial charge in [-0.3, -0.25) is 0 Å². The van der Waals surface area contributed by atoms with Gasteiger partial charge in [0.15, 0.2) is 46.0 Å². The SMILES string of the molecule is COc1c2c(c(C(c3c4c(cc5c3OC(C)(C)O5)OC(C)(C)O4)c3c4c(c(OC)c5c3OC(C)(C=C=O)O5)OC(C)(C)O4)c3c1OC(C)(C=C=O)O3)OC(C)(C)O2. The van der Waals surface area contributed by atoms with E-state index in [1.165, 1.54) is 14.2 Å². The number of benzene rings is 3. The highest BCUT2D eigenvalue weighted by atomic mass is 16.8. The summed E-state index contributed by atoms with van der Waals surface area (Å²) in [6.45, 7) is 17.0. The van der Waals surface area contributed by atoms with E-state index >= 15 is 0 Å². The van der Waals surface area contributed by atoms with Gasteiger partial charge in [-0.1, -0.05) is 0 Å². The van der Waals surface area contributed by atoms with Crippen LogP contribution in [0.4, 0.5) is 0 Å². The van der Waals surface area contributed by atoms with Gasteiger partial charge in [0, 0.05) is 75.3 Å². The summed E-state index contributed by atoms with van der Waals surface area (Å²) in [4.78, 5) is 23.8. The number of hydrogen-bond acceptors (Lipinski definition) is 16. The molecular formula is C41H40O16. The predicted molar refractivity (Wildman–Crippen MR) is 195 cm³/mol. The van der Waals surface area contributed by atoms with Gasteiger partial charge in [-0.05, 0) is 0 Å². The first-order valence-electron chi connectivity index (χ1n) is 18.1. The van der Waals surface area contributed by atoms with E-state index in [-0.39, 0.29) is 80.1 Å². The molecule has 2 atom stereocenters. The van der Waals surface area contributed by atoms with Crippen LogP contribution in [0, 0.1) is 0 Å². The second kappa shape index (κ2) is 11.2. The van der Waals surface area contributed by atoms with E-state index in [2.05, 4.69) is 0 Å². The van der Waals surface area contributed by atoms with Crippen molar-refractivity contribution in [2.24, 2.45) is 0 Å². The maximum absolute atomic E-state index is 11.9. The van der Waals surface area contributed by atoms with Gasteiger partial charge in [0.05, 0.1) is 49.0 Å². The van der Waals surface area contributed by atoms with Crippen molar-refractivity contribution in [2.75, 3.05) is 14.2 Å². The summed E-state index contributed by atoms with van der Waals surface area (Å²) in [7, 11) is 2.88. The highest BCUT2D eigenvalue weighted by Gasteiger charge is 2.56. The Kier molecular flexibility index (Phi) is 7.15. The van der Waals surface area contributed by atoms with Crippen molar-refractivity contribution in [3.63, 3.8) is 0 Å². The summed E-state index contributed by atoms with van der Waals surface area (Å²) >= 11 is 0. The lowest BCUT2D eigenvalue weighted by molar-refractivity contribution is -0.0488. The van der Waals surface area contributed by atoms with Crippen molar-refractivity contribution in [3.8, 4) is 80.5 Å². The zero-order valence-corrected chi connectivity index (χ0v) is 33.3. The van der Waals surface area contributed by atoms with Gasteiger partial charge >= 0.3 is 0 Å². The summed E-state index contributed by atoms with van der Waals surface area (Å²) in [5.41, 5.74) is 0.867. The van der Waals surface area contributed by atoms with Crippen LogP contribution in [-0.4, -0.2) is 60.8 Å². The standard InChI is InChI=1S/C41H40O16/c1-36(2)46-18-17-19-25(49-37(3,4)47-19)21(24(18)48-36)20(22-26-32(52-38(5,6)50-26)30(44-11)34-28(22)54-40(9,56-34)13-15-42)23-27-33(53-39(7,8)51-27)31(45-12)35-29(23)55-41(10,57-35)14-16-43/h13-14,17,20H,1-12H3. The fraction of sp³-hybridized carbons (Fsp3) is 0.463. The molecule has 0 bridgehead atoms. The molecule has 0 fully saturated rings. The molecule has 0 amide bonds. The van der Waals surface area contributed by atoms with Gasteiger partial charge in [0.2, 0.25) is 57.6 Å². The zero-order chi connectivity index (χ0) is 40.8. The molecule has 0 saturated carbocycles. The molecule has 0 saturated heterocycles. The molecule has 0 N–H and O–H groups in total. The smallest absolute Gasteiger partial charge is 0.279 e. The van der Waals surface area contributed by atoms with E-state index < -0.39 is 40.6 Å². The van der Waals surface area contributed by atoms with Gasteiger partial charge in [-0.25, -0.2) is 9.59 Å². The molecule has 0 spiro atoms.